The highest BCUT2D eigenvalue weighted by molar-refractivity contribution is 8.00. The topological polar surface area (TPSA) is 50.2 Å². The number of thioether (sulfide) groups is 1. The quantitative estimate of drug-likeness (QED) is 0.904. The molecular weight excluding hydrogens is 284 g/mol. The lowest BCUT2D eigenvalue weighted by Gasteiger charge is -2.23. The van der Waals surface area contributed by atoms with E-state index in [1.54, 1.807) is 10.9 Å². The van der Waals surface area contributed by atoms with Crippen LogP contribution in [0.4, 0.5) is 5.69 Å². The highest BCUT2D eigenvalue weighted by Crippen LogP contribution is 2.25. The summed E-state index contributed by atoms with van der Waals surface area (Å²) in [6, 6.07) is 0.262. The van der Waals surface area contributed by atoms with Gasteiger partial charge in [0.1, 0.15) is 0 Å². The zero-order chi connectivity index (χ0) is 15.6. The zero-order valence-corrected chi connectivity index (χ0v) is 14.4. The lowest BCUT2D eigenvalue weighted by Crippen LogP contribution is -2.43. The molecule has 5 nitrogen and oxygen atoms in total. The van der Waals surface area contributed by atoms with Crippen molar-refractivity contribution in [3.05, 3.63) is 12.4 Å². The van der Waals surface area contributed by atoms with Crippen LogP contribution in [0.3, 0.4) is 0 Å². The van der Waals surface area contributed by atoms with E-state index in [2.05, 4.69) is 38.1 Å². The van der Waals surface area contributed by atoms with Crippen molar-refractivity contribution < 1.29 is 4.79 Å². The summed E-state index contributed by atoms with van der Waals surface area (Å²) < 4.78 is 1.99. The first-order chi connectivity index (χ1) is 9.76. The lowest BCUT2D eigenvalue weighted by molar-refractivity contribution is -0.118. The van der Waals surface area contributed by atoms with Gasteiger partial charge in [-0.3, -0.25) is 9.48 Å². The minimum Gasteiger partial charge on any atom is -0.308 e. The van der Waals surface area contributed by atoms with Gasteiger partial charge in [-0.25, -0.2) is 0 Å². The largest absolute Gasteiger partial charge is 0.308 e. The van der Waals surface area contributed by atoms with Gasteiger partial charge < -0.3 is 10.2 Å². The van der Waals surface area contributed by atoms with Crippen molar-refractivity contribution in [2.45, 2.75) is 50.9 Å². The molecule has 1 aromatic heterocycles. The fourth-order valence-electron chi connectivity index (χ4n) is 2.41. The maximum atomic E-state index is 12.5. The van der Waals surface area contributed by atoms with Gasteiger partial charge in [0.25, 0.3) is 0 Å². The second-order valence-corrected chi connectivity index (χ2v) is 8.54. The Morgan fingerprint density at radius 3 is 2.81 bits per heavy atom. The fraction of sp³-hybridized carbons (Fsp3) is 0.733. The second-order valence-electron chi connectivity index (χ2n) is 6.69. The molecule has 0 saturated carbocycles. The van der Waals surface area contributed by atoms with E-state index in [0.717, 1.165) is 24.4 Å². The molecule has 1 amide bonds. The maximum Gasteiger partial charge on any atom is 0.244 e. The summed E-state index contributed by atoms with van der Waals surface area (Å²) in [6.45, 7) is 9.57. The summed E-state index contributed by atoms with van der Waals surface area (Å²) >= 11 is 1.93. The van der Waals surface area contributed by atoms with Gasteiger partial charge in [-0.05, 0) is 13.3 Å². The first-order valence-electron chi connectivity index (χ1n) is 7.46. The molecule has 6 heteroatoms. The van der Waals surface area contributed by atoms with E-state index >= 15 is 0 Å². The van der Waals surface area contributed by atoms with E-state index in [9.17, 15) is 4.79 Å². The third-order valence-corrected chi connectivity index (χ3v) is 4.99. The number of aryl methyl sites for hydroxylation is 1. The van der Waals surface area contributed by atoms with Crippen molar-refractivity contribution >= 4 is 23.4 Å². The number of amides is 1. The number of carbonyl (C=O) groups excluding carboxylic acids is 1. The number of anilines is 1. The van der Waals surface area contributed by atoms with Gasteiger partial charge in [-0.1, -0.05) is 20.8 Å². The average Bonchev–Trinajstić information content (AvgIpc) is 2.94. The van der Waals surface area contributed by atoms with Crippen LogP contribution in [0.5, 0.6) is 0 Å². The highest BCUT2D eigenvalue weighted by Gasteiger charge is 2.33. The molecule has 1 aliphatic rings. The van der Waals surface area contributed by atoms with Crippen LogP contribution in [0, 0.1) is 0 Å². The molecule has 0 aromatic carbocycles. The molecule has 2 heterocycles. The molecule has 0 unspecified atom stereocenters. The number of nitrogens with zero attached hydrogens (tertiary/aromatic N) is 3. The second kappa shape index (κ2) is 6.40. The number of carbonyl (C=O) groups is 1. The molecule has 2 rings (SSSR count). The van der Waals surface area contributed by atoms with Crippen molar-refractivity contribution in [3.63, 3.8) is 0 Å². The van der Waals surface area contributed by atoms with Gasteiger partial charge >= 0.3 is 0 Å². The summed E-state index contributed by atoms with van der Waals surface area (Å²) in [5, 5.41) is 7.61. The smallest absolute Gasteiger partial charge is 0.244 e. The summed E-state index contributed by atoms with van der Waals surface area (Å²) in [4.78, 5) is 14.3. The Bertz CT molecular complexity index is 494. The molecule has 1 aliphatic heterocycles. The Hall–Kier alpha value is -1.01. The minimum atomic E-state index is -0.0687. The molecule has 1 saturated heterocycles. The summed E-state index contributed by atoms with van der Waals surface area (Å²) in [7, 11) is 1.87. The third kappa shape index (κ3) is 4.48. The van der Waals surface area contributed by atoms with Crippen molar-refractivity contribution in [1.82, 2.24) is 15.1 Å². The van der Waals surface area contributed by atoms with E-state index in [-0.39, 0.29) is 16.7 Å². The predicted molar refractivity (Wildman–Crippen MR) is 88.8 cm³/mol. The van der Waals surface area contributed by atoms with Crippen LogP contribution in [-0.2, 0) is 11.8 Å². The zero-order valence-electron chi connectivity index (χ0n) is 13.6. The summed E-state index contributed by atoms with van der Waals surface area (Å²) in [5.74, 6) is 1.18. The molecule has 0 radical (unpaired) electrons. The predicted octanol–water partition coefficient (Wildman–Crippen LogP) is 2.04. The fourth-order valence-corrected chi connectivity index (χ4v) is 3.25. The van der Waals surface area contributed by atoms with Crippen LogP contribution in [0.2, 0.25) is 0 Å². The third-order valence-electron chi connectivity index (χ3n) is 3.46. The van der Waals surface area contributed by atoms with Crippen molar-refractivity contribution in [3.8, 4) is 0 Å². The SMILES string of the molecule is C[C@@H](CSC(C)(C)C)N[C@@H]1CCN(c2cnn(C)c2)C1=O. The molecule has 118 valence electrons. The Kier molecular flexibility index (Phi) is 4.99. The number of hydrogen-bond donors (Lipinski definition) is 1. The molecule has 0 bridgehead atoms. The van der Waals surface area contributed by atoms with E-state index < -0.39 is 0 Å². The van der Waals surface area contributed by atoms with Crippen molar-refractivity contribution in [1.29, 1.82) is 0 Å². The molecule has 1 aromatic rings. The Morgan fingerprint density at radius 2 is 2.24 bits per heavy atom. The summed E-state index contributed by atoms with van der Waals surface area (Å²) in [6.07, 6.45) is 4.50. The van der Waals surface area contributed by atoms with Crippen LogP contribution in [-0.4, -0.2) is 44.8 Å². The van der Waals surface area contributed by atoms with Gasteiger partial charge in [-0.2, -0.15) is 16.9 Å². The Morgan fingerprint density at radius 1 is 1.52 bits per heavy atom. The standard InChI is InChI=1S/C15H26N4OS/c1-11(10-21-15(2,3)4)17-13-6-7-19(14(13)20)12-8-16-18(5)9-12/h8-9,11,13,17H,6-7,10H2,1-5H3/t11-,13+/m0/s1. The van der Waals surface area contributed by atoms with Gasteiger partial charge in [0.05, 0.1) is 17.9 Å². The van der Waals surface area contributed by atoms with Gasteiger partial charge in [0.2, 0.25) is 5.91 Å². The molecule has 0 aliphatic carbocycles. The molecular formula is C15H26N4OS. The molecule has 2 atom stereocenters. The van der Waals surface area contributed by atoms with Crippen molar-refractivity contribution in [2.24, 2.45) is 7.05 Å². The van der Waals surface area contributed by atoms with Crippen LogP contribution >= 0.6 is 11.8 Å². The van der Waals surface area contributed by atoms with Crippen LogP contribution < -0.4 is 10.2 Å². The number of hydrogen-bond acceptors (Lipinski definition) is 4. The Labute approximate surface area is 131 Å². The average molecular weight is 310 g/mol. The van der Waals surface area contributed by atoms with Crippen LogP contribution in [0.25, 0.3) is 0 Å². The maximum absolute atomic E-state index is 12.5. The molecule has 1 fully saturated rings. The van der Waals surface area contributed by atoms with Gasteiger partial charge in [0, 0.05) is 36.3 Å². The van der Waals surface area contributed by atoms with E-state index in [0.29, 0.717) is 6.04 Å². The van der Waals surface area contributed by atoms with Crippen LogP contribution in [0.1, 0.15) is 34.1 Å². The van der Waals surface area contributed by atoms with E-state index in [4.69, 9.17) is 0 Å². The van der Waals surface area contributed by atoms with E-state index in [1.165, 1.54) is 0 Å². The van der Waals surface area contributed by atoms with Gasteiger partial charge in [0.15, 0.2) is 0 Å². The first-order valence-corrected chi connectivity index (χ1v) is 8.45. The highest BCUT2D eigenvalue weighted by atomic mass is 32.2. The molecule has 1 N–H and O–H groups in total. The number of rotatable bonds is 5. The first kappa shape index (κ1) is 16.4. The normalized spacial score (nSPS) is 21.1. The molecule has 0 spiro atoms. The lowest BCUT2D eigenvalue weighted by atomic mass is 10.2. The number of nitrogens with one attached hydrogen (secondary N) is 1. The Balaban J connectivity index is 1.87. The van der Waals surface area contributed by atoms with Crippen molar-refractivity contribution in [2.75, 3.05) is 17.2 Å². The van der Waals surface area contributed by atoms with Gasteiger partial charge in [-0.15, -0.1) is 0 Å². The van der Waals surface area contributed by atoms with E-state index in [1.807, 2.05) is 29.9 Å². The molecule has 21 heavy (non-hydrogen) atoms. The van der Waals surface area contributed by atoms with Crippen LogP contribution in [0.15, 0.2) is 12.4 Å². The number of aromatic nitrogens is 2. The summed E-state index contributed by atoms with van der Waals surface area (Å²) in [5.41, 5.74) is 0.892. The minimum absolute atomic E-state index is 0.0687. The monoisotopic (exact) mass is 310 g/mol.